The molecule has 0 aliphatic carbocycles. The lowest BCUT2D eigenvalue weighted by atomic mass is 10.4. The van der Waals surface area contributed by atoms with Crippen molar-refractivity contribution in [1.29, 1.82) is 0 Å². The second kappa shape index (κ2) is 7.45. The molecule has 0 fully saturated rings. The summed E-state index contributed by atoms with van der Waals surface area (Å²) in [6, 6.07) is 1.61. The minimum absolute atomic E-state index is 0.0623. The molecule has 1 heterocycles. The first kappa shape index (κ1) is 14.2. The van der Waals surface area contributed by atoms with Crippen LogP contribution in [-0.2, 0) is 11.3 Å². The Morgan fingerprint density at radius 3 is 2.94 bits per heavy atom. The number of methoxy groups -OCH3 is 1. The molecule has 0 amide bonds. The van der Waals surface area contributed by atoms with E-state index in [1.165, 1.54) is 4.68 Å². The van der Waals surface area contributed by atoms with Crippen molar-refractivity contribution in [3.63, 3.8) is 0 Å². The standard InChI is InChI=1S/C11H18BrN3O2/c1-14(6-7-17-2)10-8-11(16)15(13-9-10)5-3-4-12/h8-9H,3-7H2,1-2H3. The highest BCUT2D eigenvalue weighted by molar-refractivity contribution is 9.09. The molecule has 0 saturated carbocycles. The lowest BCUT2D eigenvalue weighted by molar-refractivity contribution is 0.206. The molecule has 17 heavy (non-hydrogen) atoms. The highest BCUT2D eigenvalue weighted by Gasteiger charge is 2.04. The number of aryl methyl sites for hydroxylation is 1. The van der Waals surface area contributed by atoms with Gasteiger partial charge in [0.25, 0.3) is 5.56 Å². The summed E-state index contributed by atoms with van der Waals surface area (Å²) in [6.07, 6.45) is 2.61. The van der Waals surface area contributed by atoms with Gasteiger partial charge >= 0.3 is 0 Å². The van der Waals surface area contributed by atoms with Crippen molar-refractivity contribution in [2.75, 3.05) is 37.5 Å². The molecular weight excluding hydrogens is 286 g/mol. The molecule has 0 N–H and O–H groups in total. The fraction of sp³-hybridized carbons (Fsp3) is 0.636. The van der Waals surface area contributed by atoms with Crippen LogP contribution in [0.1, 0.15) is 6.42 Å². The Balaban J connectivity index is 2.70. The van der Waals surface area contributed by atoms with Crippen LogP contribution in [0, 0.1) is 0 Å². The molecular formula is C11H18BrN3O2. The number of ether oxygens (including phenoxy) is 1. The zero-order valence-corrected chi connectivity index (χ0v) is 11.8. The molecule has 0 unspecified atom stereocenters. The first-order valence-electron chi connectivity index (χ1n) is 5.52. The van der Waals surface area contributed by atoms with E-state index in [0.717, 1.165) is 24.0 Å². The average Bonchev–Trinajstić information content (AvgIpc) is 2.34. The van der Waals surface area contributed by atoms with Gasteiger partial charge in [-0.2, -0.15) is 5.10 Å². The number of likely N-dealkylation sites (N-methyl/N-ethyl adjacent to an activating group) is 1. The van der Waals surface area contributed by atoms with Gasteiger partial charge in [-0.3, -0.25) is 4.79 Å². The monoisotopic (exact) mass is 303 g/mol. The lowest BCUT2D eigenvalue weighted by Crippen LogP contribution is -2.27. The largest absolute Gasteiger partial charge is 0.383 e. The van der Waals surface area contributed by atoms with E-state index >= 15 is 0 Å². The van der Waals surface area contributed by atoms with Crippen LogP contribution < -0.4 is 10.5 Å². The predicted octanol–water partition coefficient (Wildman–Crippen LogP) is 1.11. The Bertz CT molecular complexity index is 395. The van der Waals surface area contributed by atoms with Gasteiger partial charge in [0, 0.05) is 38.6 Å². The van der Waals surface area contributed by atoms with Crippen LogP contribution in [0.4, 0.5) is 5.69 Å². The predicted molar refractivity (Wildman–Crippen MR) is 72.1 cm³/mol. The van der Waals surface area contributed by atoms with Crippen LogP contribution in [0.3, 0.4) is 0 Å². The van der Waals surface area contributed by atoms with Gasteiger partial charge in [-0.1, -0.05) is 15.9 Å². The summed E-state index contributed by atoms with van der Waals surface area (Å²) in [6.45, 7) is 2.01. The molecule has 0 atom stereocenters. The summed E-state index contributed by atoms with van der Waals surface area (Å²) >= 11 is 3.33. The number of hydrogen-bond acceptors (Lipinski definition) is 4. The van der Waals surface area contributed by atoms with Gasteiger partial charge in [-0.05, 0) is 6.42 Å². The SMILES string of the molecule is COCCN(C)c1cnn(CCCBr)c(=O)c1. The Labute approximate surface area is 110 Å². The quantitative estimate of drug-likeness (QED) is 0.708. The first-order valence-corrected chi connectivity index (χ1v) is 6.64. The smallest absolute Gasteiger partial charge is 0.268 e. The number of anilines is 1. The molecule has 6 heteroatoms. The van der Waals surface area contributed by atoms with E-state index < -0.39 is 0 Å². The van der Waals surface area contributed by atoms with Gasteiger partial charge < -0.3 is 9.64 Å². The molecule has 0 saturated heterocycles. The Kier molecular flexibility index (Phi) is 6.21. The van der Waals surface area contributed by atoms with Gasteiger partial charge in [0.1, 0.15) is 0 Å². The zero-order chi connectivity index (χ0) is 12.7. The second-order valence-corrected chi connectivity index (χ2v) is 4.53. The molecule has 0 aliphatic rings. The van der Waals surface area contributed by atoms with E-state index in [9.17, 15) is 4.79 Å². The van der Waals surface area contributed by atoms with E-state index in [1.54, 1.807) is 19.4 Å². The Morgan fingerprint density at radius 2 is 2.35 bits per heavy atom. The van der Waals surface area contributed by atoms with Gasteiger partial charge in [0.2, 0.25) is 0 Å². The second-order valence-electron chi connectivity index (χ2n) is 3.73. The van der Waals surface area contributed by atoms with Crippen LogP contribution >= 0.6 is 15.9 Å². The summed E-state index contributed by atoms with van der Waals surface area (Å²) in [5.41, 5.74) is 0.759. The van der Waals surface area contributed by atoms with Gasteiger partial charge in [-0.15, -0.1) is 0 Å². The minimum Gasteiger partial charge on any atom is -0.383 e. The maximum Gasteiger partial charge on any atom is 0.268 e. The molecule has 1 aromatic rings. The third-order valence-electron chi connectivity index (χ3n) is 2.43. The van der Waals surface area contributed by atoms with E-state index in [2.05, 4.69) is 21.0 Å². The summed E-state index contributed by atoms with van der Waals surface area (Å²) < 4.78 is 6.47. The molecule has 1 rings (SSSR count). The van der Waals surface area contributed by atoms with E-state index in [4.69, 9.17) is 4.74 Å². The molecule has 0 radical (unpaired) electrons. The van der Waals surface area contributed by atoms with Gasteiger partial charge in [-0.25, -0.2) is 4.68 Å². The molecule has 0 bridgehead atoms. The first-order chi connectivity index (χ1) is 8.19. The molecule has 0 aliphatic heterocycles. The van der Waals surface area contributed by atoms with Crippen molar-refractivity contribution in [3.05, 3.63) is 22.6 Å². The zero-order valence-electron chi connectivity index (χ0n) is 10.2. The molecule has 5 nitrogen and oxygen atoms in total. The number of aromatic nitrogens is 2. The Hall–Kier alpha value is -0.880. The highest BCUT2D eigenvalue weighted by Crippen LogP contribution is 2.06. The van der Waals surface area contributed by atoms with Crippen LogP contribution in [0.15, 0.2) is 17.1 Å². The normalized spacial score (nSPS) is 10.5. The maximum absolute atomic E-state index is 11.8. The Morgan fingerprint density at radius 1 is 1.59 bits per heavy atom. The van der Waals surface area contributed by atoms with Gasteiger partial charge in [0.15, 0.2) is 0 Å². The van der Waals surface area contributed by atoms with Crippen LogP contribution in [0.2, 0.25) is 0 Å². The van der Waals surface area contributed by atoms with Crippen LogP contribution in [0.25, 0.3) is 0 Å². The number of nitrogens with zero attached hydrogens (tertiary/aromatic N) is 3. The molecule has 0 spiro atoms. The molecule has 1 aromatic heterocycles. The van der Waals surface area contributed by atoms with Crippen molar-refractivity contribution in [3.8, 4) is 0 Å². The summed E-state index contributed by atoms with van der Waals surface area (Å²) in [7, 11) is 3.57. The van der Waals surface area contributed by atoms with Crippen molar-refractivity contribution in [2.24, 2.45) is 0 Å². The summed E-state index contributed by atoms with van der Waals surface area (Å²) in [5, 5.41) is 5.02. The summed E-state index contributed by atoms with van der Waals surface area (Å²) in [4.78, 5) is 13.7. The van der Waals surface area contributed by atoms with E-state index in [-0.39, 0.29) is 5.56 Å². The number of alkyl halides is 1. The van der Waals surface area contributed by atoms with Crippen molar-refractivity contribution >= 4 is 21.6 Å². The number of hydrogen-bond donors (Lipinski definition) is 0. The molecule has 96 valence electrons. The fourth-order valence-electron chi connectivity index (χ4n) is 1.37. The van der Waals surface area contributed by atoms with Crippen molar-refractivity contribution < 1.29 is 4.74 Å². The topological polar surface area (TPSA) is 47.4 Å². The number of halogens is 1. The van der Waals surface area contributed by atoms with Crippen LogP contribution in [0.5, 0.6) is 0 Å². The lowest BCUT2D eigenvalue weighted by Gasteiger charge is -2.18. The average molecular weight is 304 g/mol. The van der Waals surface area contributed by atoms with Crippen LogP contribution in [-0.4, -0.2) is 42.4 Å². The van der Waals surface area contributed by atoms with Gasteiger partial charge in [0.05, 0.1) is 18.5 Å². The minimum atomic E-state index is -0.0623. The summed E-state index contributed by atoms with van der Waals surface area (Å²) in [5.74, 6) is 0. The third kappa shape index (κ3) is 4.47. The fourth-order valence-corrected chi connectivity index (χ4v) is 1.62. The van der Waals surface area contributed by atoms with E-state index in [1.807, 2.05) is 11.9 Å². The number of rotatable bonds is 7. The van der Waals surface area contributed by atoms with Crippen molar-refractivity contribution in [1.82, 2.24) is 9.78 Å². The third-order valence-corrected chi connectivity index (χ3v) is 2.99. The molecule has 0 aromatic carbocycles. The van der Waals surface area contributed by atoms with E-state index in [0.29, 0.717) is 13.2 Å². The maximum atomic E-state index is 11.8. The van der Waals surface area contributed by atoms with Crippen molar-refractivity contribution in [2.45, 2.75) is 13.0 Å². The highest BCUT2D eigenvalue weighted by atomic mass is 79.9.